The number of halogens is 6. The van der Waals surface area contributed by atoms with E-state index in [0.29, 0.717) is 12.1 Å². The fourth-order valence-electron chi connectivity index (χ4n) is 1.27. The number of hydrogen-bond donors (Lipinski definition) is 1. The molecule has 100 valence electrons. The number of benzene rings is 1. The van der Waals surface area contributed by atoms with Gasteiger partial charge in [-0.2, -0.15) is 26.3 Å². The smallest absolute Gasteiger partial charge is 0.388 e. The van der Waals surface area contributed by atoms with Crippen molar-refractivity contribution in [2.45, 2.75) is 12.4 Å². The van der Waals surface area contributed by atoms with Crippen LogP contribution in [0.4, 0.5) is 26.3 Å². The summed E-state index contributed by atoms with van der Waals surface area (Å²) in [6, 6.07) is 1.31. The summed E-state index contributed by atoms with van der Waals surface area (Å²) >= 11 is 0. The molecule has 1 nitrogen and oxygen atoms in total. The number of hydrogen-bond acceptors (Lipinski definition) is 1. The minimum Gasteiger partial charge on any atom is -0.388 e. The van der Waals surface area contributed by atoms with E-state index in [4.69, 9.17) is 0 Å². The third-order valence-electron chi connectivity index (χ3n) is 2.24. The summed E-state index contributed by atoms with van der Waals surface area (Å²) in [4.78, 5) is 0. The maximum Gasteiger partial charge on any atom is 0.416 e. The van der Waals surface area contributed by atoms with Gasteiger partial charge in [0.25, 0.3) is 0 Å². The first-order valence-electron chi connectivity index (χ1n) is 4.72. The molecule has 18 heavy (non-hydrogen) atoms. The molecular formula is C11H9F6N. The first-order chi connectivity index (χ1) is 8.05. The highest BCUT2D eigenvalue weighted by Crippen LogP contribution is 2.37. The van der Waals surface area contributed by atoms with Crippen LogP contribution in [0.1, 0.15) is 16.7 Å². The van der Waals surface area contributed by atoms with Gasteiger partial charge in [-0.05, 0) is 23.8 Å². The van der Waals surface area contributed by atoms with Gasteiger partial charge in [-0.25, -0.2) is 0 Å². The Bertz CT molecular complexity index is 425. The standard InChI is InChI=1S/C11H9F6N/c1-6(18-2)7-3-8(10(12,13)14)5-9(4-7)11(15,16)17/h3-5,18H,1H2,2H3. The summed E-state index contributed by atoms with van der Waals surface area (Å²) in [7, 11) is 1.36. The van der Waals surface area contributed by atoms with Crippen molar-refractivity contribution in [1.82, 2.24) is 5.32 Å². The van der Waals surface area contributed by atoms with Crippen molar-refractivity contribution in [2.24, 2.45) is 0 Å². The molecule has 0 heterocycles. The monoisotopic (exact) mass is 269 g/mol. The van der Waals surface area contributed by atoms with Crippen molar-refractivity contribution >= 4 is 5.70 Å². The Balaban J connectivity index is 3.44. The Morgan fingerprint density at radius 1 is 0.944 bits per heavy atom. The van der Waals surface area contributed by atoms with Crippen LogP contribution in [0.15, 0.2) is 24.8 Å². The minimum atomic E-state index is -4.84. The molecule has 0 unspecified atom stereocenters. The van der Waals surface area contributed by atoms with Crippen LogP contribution < -0.4 is 5.32 Å². The number of rotatable bonds is 2. The van der Waals surface area contributed by atoms with Crippen LogP contribution >= 0.6 is 0 Å². The molecule has 7 heteroatoms. The van der Waals surface area contributed by atoms with Gasteiger partial charge in [-0.15, -0.1) is 0 Å². The van der Waals surface area contributed by atoms with Crippen LogP contribution in [0.5, 0.6) is 0 Å². The van der Waals surface area contributed by atoms with E-state index in [1.54, 1.807) is 0 Å². The molecule has 0 saturated heterocycles. The lowest BCUT2D eigenvalue weighted by Crippen LogP contribution is -2.13. The Morgan fingerprint density at radius 3 is 1.61 bits per heavy atom. The summed E-state index contributed by atoms with van der Waals surface area (Å²) in [6.45, 7) is 3.34. The molecule has 0 atom stereocenters. The van der Waals surface area contributed by atoms with E-state index in [0.717, 1.165) is 0 Å². The molecule has 0 radical (unpaired) electrons. The molecule has 0 aliphatic heterocycles. The third kappa shape index (κ3) is 3.18. The van der Waals surface area contributed by atoms with E-state index >= 15 is 0 Å². The fraction of sp³-hybridized carbons (Fsp3) is 0.273. The number of nitrogens with one attached hydrogen (secondary N) is 1. The van der Waals surface area contributed by atoms with Crippen LogP contribution in [0.2, 0.25) is 0 Å². The molecule has 1 rings (SSSR count). The van der Waals surface area contributed by atoms with E-state index in [2.05, 4.69) is 11.9 Å². The second-order valence-electron chi connectivity index (χ2n) is 3.52. The maximum absolute atomic E-state index is 12.5. The first-order valence-corrected chi connectivity index (χ1v) is 4.72. The summed E-state index contributed by atoms with van der Waals surface area (Å²) in [5.41, 5.74) is -2.99. The van der Waals surface area contributed by atoms with E-state index in [9.17, 15) is 26.3 Å². The van der Waals surface area contributed by atoms with E-state index < -0.39 is 23.5 Å². The van der Waals surface area contributed by atoms with Gasteiger partial charge in [0.1, 0.15) is 0 Å². The van der Waals surface area contributed by atoms with Gasteiger partial charge in [-0.3, -0.25) is 0 Å². The van der Waals surface area contributed by atoms with Gasteiger partial charge in [0.05, 0.1) is 11.1 Å². The van der Waals surface area contributed by atoms with Gasteiger partial charge in [0, 0.05) is 12.7 Å². The van der Waals surface area contributed by atoms with Crippen LogP contribution in [0.25, 0.3) is 5.70 Å². The Kier molecular flexibility index (Phi) is 3.64. The highest BCUT2D eigenvalue weighted by Gasteiger charge is 2.36. The molecule has 0 spiro atoms. The van der Waals surface area contributed by atoms with Crippen molar-refractivity contribution in [3.8, 4) is 0 Å². The maximum atomic E-state index is 12.5. The Labute approximate surface area is 99.1 Å². The molecule has 0 aliphatic rings. The summed E-state index contributed by atoms with van der Waals surface area (Å²) in [6.07, 6.45) is -9.69. The van der Waals surface area contributed by atoms with Gasteiger partial charge >= 0.3 is 12.4 Å². The van der Waals surface area contributed by atoms with E-state index in [1.807, 2.05) is 0 Å². The quantitative estimate of drug-likeness (QED) is 0.802. The van der Waals surface area contributed by atoms with Gasteiger partial charge in [-0.1, -0.05) is 6.58 Å². The molecule has 1 aromatic rings. The summed E-state index contributed by atoms with van der Waals surface area (Å²) in [5, 5.41) is 2.41. The predicted molar refractivity (Wildman–Crippen MR) is 54.5 cm³/mol. The predicted octanol–water partition coefficient (Wildman–Crippen LogP) is 3.91. The lowest BCUT2D eigenvalue weighted by atomic mass is 10.0. The van der Waals surface area contributed by atoms with Gasteiger partial charge in [0.2, 0.25) is 0 Å². The molecule has 0 amide bonds. The fourth-order valence-corrected chi connectivity index (χ4v) is 1.27. The molecule has 0 aliphatic carbocycles. The Hall–Kier alpha value is -1.66. The normalized spacial score (nSPS) is 12.4. The lowest BCUT2D eigenvalue weighted by Gasteiger charge is -2.15. The van der Waals surface area contributed by atoms with Gasteiger partial charge in [0.15, 0.2) is 0 Å². The zero-order chi connectivity index (χ0) is 14.1. The Morgan fingerprint density at radius 2 is 1.33 bits per heavy atom. The highest BCUT2D eigenvalue weighted by atomic mass is 19.4. The zero-order valence-electron chi connectivity index (χ0n) is 9.21. The molecular weight excluding hydrogens is 260 g/mol. The van der Waals surface area contributed by atoms with Crippen LogP contribution in [-0.2, 0) is 12.4 Å². The molecule has 0 bridgehead atoms. The van der Waals surface area contributed by atoms with E-state index in [-0.39, 0.29) is 17.3 Å². The number of alkyl halides is 6. The third-order valence-corrected chi connectivity index (χ3v) is 2.24. The van der Waals surface area contributed by atoms with E-state index in [1.165, 1.54) is 7.05 Å². The highest BCUT2D eigenvalue weighted by molar-refractivity contribution is 5.63. The van der Waals surface area contributed by atoms with Crippen molar-refractivity contribution in [3.63, 3.8) is 0 Å². The molecule has 0 saturated carbocycles. The SMILES string of the molecule is C=C(NC)c1cc(C(F)(F)F)cc(C(F)(F)F)c1. The molecule has 0 aromatic heterocycles. The summed E-state index contributed by atoms with van der Waals surface area (Å²) < 4.78 is 74.9. The van der Waals surface area contributed by atoms with Crippen molar-refractivity contribution in [3.05, 3.63) is 41.5 Å². The van der Waals surface area contributed by atoms with Crippen molar-refractivity contribution < 1.29 is 26.3 Å². The van der Waals surface area contributed by atoms with Crippen LogP contribution in [0.3, 0.4) is 0 Å². The molecule has 1 aromatic carbocycles. The molecule has 1 N–H and O–H groups in total. The van der Waals surface area contributed by atoms with Crippen LogP contribution in [-0.4, -0.2) is 7.05 Å². The molecule has 0 fully saturated rings. The minimum absolute atomic E-state index is 0.0217. The topological polar surface area (TPSA) is 12.0 Å². The average Bonchev–Trinajstić information content (AvgIpc) is 2.25. The summed E-state index contributed by atoms with van der Waals surface area (Å²) in [5.74, 6) is 0. The van der Waals surface area contributed by atoms with Crippen molar-refractivity contribution in [1.29, 1.82) is 0 Å². The van der Waals surface area contributed by atoms with Gasteiger partial charge < -0.3 is 5.32 Å². The average molecular weight is 269 g/mol. The zero-order valence-corrected chi connectivity index (χ0v) is 9.21. The second-order valence-corrected chi connectivity index (χ2v) is 3.52. The first kappa shape index (κ1) is 14.4. The van der Waals surface area contributed by atoms with Crippen molar-refractivity contribution in [2.75, 3.05) is 7.05 Å². The largest absolute Gasteiger partial charge is 0.416 e. The van der Waals surface area contributed by atoms with Crippen LogP contribution in [0, 0.1) is 0 Å². The lowest BCUT2D eigenvalue weighted by molar-refractivity contribution is -0.143. The second kappa shape index (κ2) is 4.55.